The van der Waals surface area contributed by atoms with E-state index in [1.54, 1.807) is 36.4 Å². The molecule has 1 saturated heterocycles. The average molecular weight is 446 g/mol. The number of hydrogen-bond acceptors (Lipinski definition) is 5. The summed E-state index contributed by atoms with van der Waals surface area (Å²) in [5, 5.41) is 8.79. The van der Waals surface area contributed by atoms with Gasteiger partial charge in [0.2, 0.25) is 5.91 Å². The van der Waals surface area contributed by atoms with Crippen LogP contribution >= 0.6 is 0 Å². The van der Waals surface area contributed by atoms with Crippen molar-refractivity contribution in [2.24, 2.45) is 0 Å². The molecule has 33 heavy (non-hydrogen) atoms. The first-order valence-corrected chi connectivity index (χ1v) is 11.0. The van der Waals surface area contributed by atoms with E-state index in [0.29, 0.717) is 23.5 Å². The van der Waals surface area contributed by atoms with Crippen molar-refractivity contribution in [3.63, 3.8) is 0 Å². The van der Waals surface area contributed by atoms with Crippen LogP contribution in [-0.2, 0) is 9.53 Å². The molecule has 0 bridgehead atoms. The third-order valence-corrected chi connectivity index (χ3v) is 5.19. The predicted octanol–water partition coefficient (Wildman–Crippen LogP) is 4.55. The van der Waals surface area contributed by atoms with E-state index in [0.717, 1.165) is 30.9 Å². The Labute approximate surface area is 193 Å². The Morgan fingerprint density at radius 1 is 0.879 bits per heavy atom. The van der Waals surface area contributed by atoms with E-state index < -0.39 is 0 Å². The molecule has 1 aliphatic rings. The number of rotatable bonds is 9. The largest absolute Gasteiger partial charge is 0.491 e. The SMILES string of the molecule is O=C(CNc1cccc(OCC2CCCO2)c1)Nc1cccc(NC(=O)c2ccccc2)c1. The molecule has 3 N–H and O–H groups in total. The molecule has 1 aliphatic heterocycles. The summed E-state index contributed by atoms with van der Waals surface area (Å²) in [5.41, 5.74) is 2.56. The van der Waals surface area contributed by atoms with E-state index in [4.69, 9.17) is 9.47 Å². The van der Waals surface area contributed by atoms with Gasteiger partial charge in [0.25, 0.3) is 5.91 Å². The van der Waals surface area contributed by atoms with Crippen molar-refractivity contribution in [2.75, 3.05) is 35.7 Å². The highest BCUT2D eigenvalue weighted by molar-refractivity contribution is 6.04. The minimum absolute atomic E-state index is 0.0930. The molecule has 4 rings (SSSR count). The van der Waals surface area contributed by atoms with Crippen LogP contribution in [0.4, 0.5) is 17.1 Å². The quantitative estimate of drug-likeness (QED) is 0.450. The number of benzene rings is 3. The monoisotopic (exact) mass is 445 g/mol. The molecule has 0 aromatic heterocycles. The Bertz CT molecular complexity index is 1080. The van der Waals surface area contributed by atoms with Crippen molar-refractivity contribution in [1.29, 1.82) is 0 Å². The lowest BCUT2D eigenvalue weighted by Crippen LogP contribution is -2.22. The van der Waals surface area contributed by atoms with Gasteiger partial charge in [-0.2, -0.15) is 0 Å². The molecule has 7 nitrogen and oxygen atoms in total. The van der Waals surface area contributed by atoms with Crippen molar-refractivity contribution in [3.8, 4) is 5.75 Å². The van der Waals surface area contributed by atoms with Gasteiger partial charge in [0.15, 0.2) is 0 Å². The van der Waals surface area contributed by atoms with Gasteiger partial charge in [-0.25, -0.2) is 0 Å². The van der Waals surface area contributed by atoms with Gasteiger partial charge in [-0.1, -0.05) is 30.3 Å². The van der Waals surface area contributed by atoms with E-state index in [9.17, 15) is 9.59 Å². The Kier molecular flexibility index (Phi) is 7.56. The van der Waals surface area contributed by atoms with Gasteiger partial charge in [-0.15, -0.1) is 0 Å². The molecular formula is C26H27N3O4. The van der Waals surface area contributed by atoms with Gasteiger partial charge in [0.05, 0.1) is 12.6 Å². The molecule has 0 aliphatic carbocycles. The summed E-state index contributed by atoms with van der Waals surface area (Å²) in [6.45, 7) is 1.42. The van der Waals surface area contributed by atoms with Crippen molar-refractivity contribution < 1.29 is 19.1 Å². The van der Waals surface area contributed by atoms with E-state index in [2.05, 4.69) is 16.0 Å². The number of hydrogen-bond donors (Lipinski definition) is 3. The molecule has 1 heterocycles. The van der Waals surface area contributed by atoms with Gasteiger partial charge in [-0.05, 0) is 55.3 Å². The molecular weight excluding hydrogens is 418 g/mol. The number of nitrogens with one attached hydrogen (secondary N) is 3. The summed E-state index contributed by atoms with van der Waals surface area (Å²) in [6, 6.07) is 23.5. The highest BCUT2D eigenvalue weighted by atomic mass is 16.5. The first kappa shape index (κ1) is 22.4. The van der Waals surface area contributed by atoms with E-state index in [1.165, 1.54) is 0 Å². The highest BCUT2D eigenvalue weighted by Gasteiger charge is 2.16. The van der Waals surface area contributed by atoms with Crippen molar-refractivity contribution in [3.05, 3.63) is 84.4 Å². The number of amides is 2. The minimum atomic E-state index is -0.206. The summed E-state index contributed by atoms with van der Waals surface area (Å²) in [4.78, 5) is 24.7. The topological polar surface area (TPSA) is 88.7 Å². The van der Waals surface area contributed by atoms with Crippen LogP contribution in [0.1, 0.15) is 23.2 Å². The molecule has 3 aromatic carbocycles. The van der Waals surface area contributed by atoms with Crippen LogP contribution in [0.25, 0.3) is 0 Å². The molecule has 1 unspecified atom stereocenters. The lowest BCUT2D eigenvalue weighted by atomic mass is 10.2. The summed E-state index contributed by atoms with van der Waals surface area (Å²) in [6.07, 6.45) is 2.25. The van der Waals surface area contributed by atoms with Crippen molar-refractivity contribution in [2.45, 2.75) is 18.9 Å². The summed E-state index contributed by atoms with van der Waals surface area (Å²) in [7, 11) is 0. The maximum absolute atomic E-state index is 12.4. The molecule has 0 radical (unpaired) electrons. The maximum Gasteiger partial charge on any atom is 0.255 e. The van der Waals surface area contributed by atoms with E-state index in [1.807, 2.05) is 42.5 Å². The lowest BCUT2D eigenvalue weighted by molar-refractivity contribution is -0.114. The van der Waals surface area contributed by atoms with Crippen LogP contribution < -0.4 is 20.7 Å². The van der Waals surface area contributed by atoms with Crippen LogP contribution in [0.5, 0.6) is 5.75 Å². The predicted molar refractivity (Wildman–Crippen MR) is 129 cm³/mol. The van der Waals surface area contributed by atoms with Gasteiger partial charge in [0, 0.05) is 35.3 Å². The summed E-state index contributed by atoms with van der Waals surface area (Å²) < 4.78 is 11.4. The lowest BCUT2D eigenvalue weighted by Gasteiger charge is -2.13. The molecule has 0 saturated carbocycles. The first-order valence-electron chi connectivity index (χ1n) is 11.0. The summed E-state index contributed by atoms with van der Waals surface area (Å²) >= 11 is 0. The number of carbonyl (C=O) groups excluding carboxylic acids is 2. The van der Waals surface area contributed by atoms with Gasteiger partial charge in [-0.3, -0.25) is 9.59 Å². The smallest absolute Gasteiger partial charge is 0.255 e. The Hall–Kier alpha value is -3.84. The number of ether oxygens (including phenoxy) is 2. The third kappa shape index (κ3) is 6.82. The third-order valence-electron chi connectivity index (χ3n) is 5.19. The molecule has 7 heteroatoms. The maximum atomic E-state index is 12.4. The minimum Gasteiger partial charge on any atom is -0.491 e. The van der Waals surface area contributed by atoms with E-state index >= 15 is 0 Å². The fourth-order valence-corrected chi connectivity index (χ4v) is 3.52. The van der Waals surface area contributed by atoms with Crippen molar-refractivity contribution >= 4 is 28.9 Å². The Morgan fingerprint density at radius 2 is 1.64 bits per heavy atom. The average Bonchev–Trinajstić information content (AvgIpc) is 3.36. The molecule has 170 valence electrons. The highest BCUT2D eigenvalue weighted by Crippen LogP contribution is 2.20. The standard InChI is InChI=1S/C26H27N3O4/c30-25(17-27-20-9-5-12-23(16-20)33-18-24-13-6-14-32-24)28-21-10-4-11-22(15-21)29-26(31)19-7-2-1-3-8-19/h1-5,7-12,15-16,24,27H,6,13-14,17-18H2,(H,28,30)(H,29,31). The van der Waals surface area contributed by atoms with E-state index in [-0.39, 0.29) is 24.5 Å². The zero-order valence-corrected chi connectivity index (χ0v) is 18.3. The van der Waals surface area contributed by atoms with Crippen LogP contribution in [0.15, 0.2) is 78.9 Å². The summed E-state index contributed by atoms with van der Waals surface area (Å²) in [5.74, 6) is 0.326. The second kappa shape index (κ2) is 11.2. The van der Waals surface area contributed by atoms with Crippen LogP contribution in [-0.4, -0.2) is 37.7 Å². The van der Waals surface area contributed by atoms with Gasteiger partial charge < -0.3 is 25.4 Å². The Morgan fingerprint density at radius 3 is 2.42 bits per heavy atom. The van der Waals surface area contributed by atoms with Crippen LogP contribution in [0.3, 0.4) is 0 Å². The van der Waals surface area contributed by atoms with Crippen LogP contribution in [0, 0.1) is 0 Å². The van der Waals surface area contributed by atoms with Gasteiger partial charge in [0.1, 0.15) is 12.4 Å². The zero-order valence-electron chi connectivity index (χ0n) is 18.3. The molecule has 1 fully saturated rings. The Balaban J connectivity index is 1.26. The second-order valence-electron chi connectivity index (χ2n) is 7.78. The van der Waals surface area contributed by atoms with Crippen LogP contribution in [0.2, 0.25) is 0 Å². The fourth-order valence-electron chi connectivity index (χ4n) is 3.52. The zero-order chi connectivity index (χ0) is 22.9. The first-order chi connectivity index (χ1) is 16.2. The second-order valence-corrected chi connectivity index (χ2v) is 7.78. The fraction of sp³-hybridized carbons (Fsp3) is 0.231. The normalized spacial score (nSPS) is 15.0. The molecule has 0 spiro atoms. The number of carbonyl (C=O) groups is 2. The van der Waals surface area contributed by atoms with Crippen molar-refractivity contribution in [1.82, 2.24) is 0 Å². The molecule has 2 amide bonds. The number of anilines is 3. The van der Waals surface area contributed by atoms with Gasteiger partial charge >= 0.3 is 0 Å². The molecule has 3 aromatic rings. The molecule has 1 atom stereocenters.